The Morgan fingerprint density at radius 3 is 1.80 bits per heavy atom. The van der Waals surface area contributed by atoms with Crippen LogP contribution < -0.4 is 5.19 Å². The summed E-state index contributed by atoms with van der Waals surface area (Å²) in [6.45, 7) is 15.8. The van der Waals surface area contributed by atoms with Crippen LogP contribution in [0.2, 0.25) is 19.6 Å². The minimum absolute atomic E-state index is 1.11. The topological polar surface area (TPSA) is 0 Å². The second kappa shape index (κ2) is 6.11. The fourth-order valence-electron chi connectivity index (χ4n) is 1.54. The zero-order chi connectivity index (χ0) is 12.1. The van der Waals surface area contributed by atoms with E-state index in [0.29, 0.717) is 0 Å². The number of aryl methyl sites for hydroxylation is 2. The Morgan fingerprint density at radius 1 is 1.00 bits per heavy atom. The van der Waals surface area contributed by atoms with Crippen LogP contribution in [0.4, 0.5) is 0 Å². The number of hydrogen-bond acceptors (Lipinski definition) is 0. The number of rotatable bonds is 1. The van der Waals surface area contributed by atoms with E-state index in [1.54, 1.807) is 5.19 Å². The second-order valence-corrected chi connectivity index (χ2v) is 10.3. The van der Waals surface area contributed by atoms with Crippen LogP contribution >= 0.6 is 0 Å². The Hall–Kier alpha value is -0.563. The van der Waals surface area contributed by atoms with Crippen molar-refractivity contribution < 1.29 is 0 Å². The van der Waals surface area contributed by atoms with Crippen LogP contribution in [-0.2, 0) is 0 Å². The van der Waals surface area contributed by atoms with Crippen LogP contribution in [0.1, 0.15) is 31.4 Å². The van der Waals surface area contributed by atoms with Crippen molar-refractivity contribution in [3.05, 3.63) is 29.3 Å². The lowest BCUT2D eigenvalue weighted by Crippen LogP contribution is -2.39. The van der Waals surface area contributed by atoms with Crippen LogP contribution in [0.3, 0.4) is 0 Å². The minimum Gasteiger partial charge on any atom is -0.0656 e. The zero-order valence-electron chi connectivity index (χ0n) is 11.4. The van der Waals surface area contributed by atoms with Gasteiger partial charge in [0.15, 0.2) is 0 Å². The molecule has 0 aliphatic rings. The lowest BCUT2D eigenvalue weighted by Gasteiger charge is -2.19. The maximum absolute atomic E-state index is 2.40. The molecule has 0 spiro atoms. The fourth-order valence-corrected chi connectivity index (χ4v) is 3.47. The highest BCUT2D eigenvalue weighted by Gasteiger charge is 2.18. The standard InChI is InChI=1S/C11H18Si.C3H8/c1-9-6-7-10(2)11(8-9)12(3,4)5;1-3-2/h6-8H,1-5H3;3H2,1-2H3. The van der Waals surface area contributed by atoms with Crippen LogP contribution in [0.5, 0.6) is 0 Å². The molecule has 0 fully saturated rings. The molecule has 1 heteroatoms. The highest BCUT2D eigenvalue weighted by molar-refractivity contribution is 6.89. The van der Waals surface area contributed by atoms with Crippen molar-refractivity contribution in [1.29, 1.82) is 0 Å². The Kier molecular flexibility index (Phi) is 5.88. The normalized spacial score (nSPS) is 10.6. The third-order valence-corrected chi connectivity index (χ3v) is 4.36. The first-order valence-corrected chi connectivity index (χ1v) is 9.40. The highest BCUT2D eigenvalue weighted by Crippen LogP contribution is 2.08. The van der Waals surface area contributed by atoms with Crippen LogP contribution in [0, 0.1) is 13.8 Å². The predicted octanol–water partition coefficient (Wildman–Crippen LogP) is 4.26. The van der Waals surface area contributed by atoms with E-state index >= 15 is 0 Å². The van der Waals surface area contributed by atoms with E-state index in [2.05, 4.69) is 65.5 Å². The maximum atomic E-state index is 2.40. The van der Waals surface area contributed by atoms with Gasteiger partial charge in [-0.25, -0.2) is 0 Å². The van der Waals surface area contributed by atoms with Gasteiger partial charge in [-0.05, 0) is 13.8 Å². The molecule has 0 nitrogen and oxygen atoms in total. The van der Waals surface area contributed by atoms with Gasteiger partial charge in [-0.3, -0.25) is 0 Å². The average molecular weight is 222 g/mol. The van der Waals surface area contributed by atoms with Crippen molar-refractivity contribution >= 4 is 13.3 Å². The molecule has 0 saturated carbocycles. The molecule has 0 heterocycles. The van der Waals surface area contributed by atoms with Gasteiger partial charge in [0.2, 0.25) is 0 Å². The first-order chi connectivity index (χ1) is 6.82. The molecule has 0 atom stereocenters. The summed E-state index contributed by atoms with van der Waals surface area (Å²) in [4.78, 5) is 0. The van der Waals surface area contributed by atoms with E-state index in [-0.39, 0.29) is 0 Å². The van der Waals surface area contributed by atoms with Gasteiger partial charge in [0, 0.05) is 0 Å². The van der Waals surface area contributed by atoms with Crippen molar-refractivity contribution in [3.63, 3.8) is 0 Å². The number of benzene rings is 1. The van der Waals surface area contributed by atoms with E-state index in [4.69, 9.17) is 0 Å². The molecule has 1 rings (SSSR count). The first-order valence-electron chi connectivity index (χ1n) is 5.90. The maximum Gasteiger partial charge on any atom is 0.0779 e. The Bertz CT molecular complexity index is 295. The third-order valence-electron chi connectivity index (χ3n) is 2.20. The Morgan fingerprint density at radius 2 is 1.47 bits per heavy atom. The molecule has 0 aliphatic heterocycles. The van der Waals surface area contributed by atoms with Gasteiger partial charge in [0.1, 0.15) is 0 Å². The predicted molar refractivity (Wildman–Crippen MR) is 74.9 cm³/mol. The molecule has 0 aromatic heterocycles. The molecule has 15 heavy (non-hydrogen) atoms. The van der Waals surface area contributed by atoms with Gasteiger partial charge in [-0.2, -0.15) is 0 Å². The Labute approximate surface area is 96.7 Å². The van der Waals surface area contributed by atoms with Crippen LogP contribution in [-0.4, -0.2) is 8.07 Å². The van der Waals surface area contributed by atoms with Crippen molar-refractivity contribution in [3.8, 4) is 0 Å². The summed E-state index contributed by atoms with van der Waals surface area (Å²) in [7, 11) is -1.11. The van der Waals surface area contributed by atoms with Gasteiger partial charge < -0.3 is 0 Å². The molecule has 1 aromatic carbocycles. The van der Waals surface area contributed by atoms with E-state index < -0.39 is 8.07 Å². The molecule has 86 valence electrons. The summed E-state index contributed by atoms with van der Waals surface area (Å²) in [5, 5.41) is 1.60. The molecule has 0 bridgehead atoms. The minimum atomic E-state index is -1.11. The van der Waals surface area contributed by atoms with Crippen LogP contribution in [0.25, 0.3) is 0 Å². The molecular formula is C14H26Si. The molecule has 0 saturated heterocycles. The molecular weight excluding hydrogens is 196 g/mol. The highest BCUT2D eigenvalue weighted by atomic mass is 28.3. The van der Waals surface area contributed by atoms with Gasteiger partial charge in [-0.1, -0.05) is 74.4 Å². The SMILES string of the molecule is CCC.Cc1ccc(C)c([Si](C)(C)C)c1. The monoisotopic (exact) mass is 222 g/mol. The molecule has 0 aliphatic carbocycles. The van der Waals surface area contributed by atoms with E-state index in [1.807, 2.05) is 0 Å². The van der Waals surface area contributed by atoms with Crippen molar-refractivity contribution in [2.24, 2.45) is 0 Å². The average Bonchev–Trinajstić information content (AvgIpc) is 2.09. The summed E-state index contributed by atoms with van der Waals surface area (Å²) in [6, 6.07) is 6.78. The summed E-state index contributed by atoms with van der Waals surface area (Å²) >= 11 is 0. The van der Waals surface area contributed by atoms with Gasteiger partial charge in [0.05, 0.1) is 8.07 Å². The van der Waals surface area contributed by atoms with Gasteiger partial charge in [0.25, 0.3) is 0 Å². The zero-order valence-corrected chi connectivity index (χ0v) is 12.4. The van der Waals surface area contributed by atoms with Crippen LogP contribution in [0.15, 0.2) is 18.2 Å². The summed E-state index contributed by atoms with van der Waals surface area (Å²) in [6.07, 6.45) is 1.25. The summed E-state index contributed by atoms with van der Waals surface area (Å²) < 4.78 is 0. The van der Waals surface area contributed by atoms with E-state index in [1.165, 1.54) is 17.5 Å². The fraction of sp³-hybridized carbons (Fsp3) is 0.571. The van der Waals surface area contributed by atoms with Crippen molar-refractivity contribution in [2.75, 3.05) is 0 Å². The molecule has 0 amide bonds. The molecule has 0 unspecified atom stereocenters. The quantitative estimate of drug-likeness (QED) is 0.623. The summed E-state index contributed by atoms with van der Waals surface area (Å²) in [5.41, 5.74) is 2.85. The molecule has 1 aromatic rings. The second-order valence-electron chi connectivity index (χ2n) is 5.28. The van der Waals surface area contributed by atoms with E-state index in [0.717, 1.165) is 0 Å². The van der Waals surface area contributed by atoms with Crippen molar-refractivity contribution in [1.82, 2.24) is 0 Å². The third kappa shape index (κ3) is 5.17. The lowest BCUT2D eigenvalue weighted by molar-refractivity contribution is 1.09. The smallest absolute Gasteiger partial charge is 0.0656 e. The Balaban J connectivity index is 0.000000583. The van der Waals surface area contributed by atoms with Crippen molar-refractivity contribution in [2.45, 2.75) is 53.8 Å². The van der Waals surface area contributed by atoms with E-state index in [9.17, 15) is 0 Å². The molecule has 0 radical (unpaired) electrons. The number of hydrogen-bond donors (Lipinski definition) is 0. The summed E-state index contributed by atoms with van der Waals surface area (Å²) in [5.74, 6) is 0. The van der Waals surface area contributed by atoms with Gasteiger partial charge >= 0.3 is 0 Å². The van der Waals surface area contributed by atoms with Gasteiger partial charge in [-0.15, -0.1) is 0 Å². The largest absolute Gasteiger partial charge is 0.0779 e. The first kappa shape index (κ1) is 14.4. The molecule has 0 N–H and O–H groups in total. The lowest BCUT2D eigenvalue weighted by atomic mass is 10.2.